The summed E-state index contributed by atoms with van der Waals surface area (Å²) >= 11 is 5.57. The third kappa shape index (κ3) is 10.1. The number of nitro benzene ring substituents is 2. The summed E-state index contributed by atoms with van der Waals surface area (Å²) in [5.74, 6) is -0.727. The maximum absolute atomic E-state index is 11.9. The van der Waals surface area contributed by atoms with Crippen molar-refractivity contribution in [2.24, 2.45) is 5.73 Å². The van der Waals surface area contributed by atoms with Crippen LogP contribution in [0.25, 0.3) is 0 Å². The highest BCUT2D eigenvalue weighted by atomic mass is 35.5. The maximum atomic E-state index is 11.9. The van der Waals surface area contributed by atoms with Crippen molar-refractivity contribution in [3.05, 3.63) is 43.5 Å². The molecule has 0 atom stereocenters. The molecule has 0 spiro atoms. The van der Waals surface area contributed by atoms with Gasteiger partial charge in [0.1, 0.15) is 0 Å². The van der Waals surface area contributed by atoms with Crippen molar-refractivity contribution in [2.45, 2.75) is 6.42 Å². The highest BCUT2D eigenvalue weighted by Crippen LogP contribution is 2.29. The van der Waals surface area contributed by atoms with Gasteiger partial charge in [-0.15, -0.1) is 11.6 Å². The van der Waals surface area contributed by atoms with E-state index in [1.54, 1.807) is 0 Å². The molecular weight excluding hydrogens is 436 g/mol. The second-order valence-corrected chi connectivity index (χ2v) is 7.26. The summed E-state index contributed by atoms with van der Waals surface area (Å²) < 4.78 is 24.5. The third-order valence-electron chi connectivity index (χ3n) is 3.02. The van der Waals surface area contributed by atoms with E-state index in [9.17, 15) is 33.4 Å². The molecule has 0 aliphatic rings. The SMILES string of the molecule is CS(=O)(=O)OCCN.O=C(NCCO)c1cc([N+](=O)[O-])cc([N+](=O)[O-])c1CCCl. The lowest BCUT2D eigenvalue weighted by Crippen LogP contribution is -2.27. The van der Waals surface area contributed by atoms with Crippen molar-refractivity contribution in [3.8, 4) is 0 Å². The third-order valence-corrected chi connectivity index (χ3v) is 3.80. The van der Waals surface area contributed by atoms with E-state index in [0.29, 0.717) is 0 Å². The van der Waals surface area contributed by atoms with E-state index in [-0.39, 0.29) is 49.7 Å². The molecule has 29 heavy (non-hydrogen) atoms. The summed E-state index contributed by atoms with van der Waals surface area (Å²) in [5.41, 5.74) is 3.69. The zero-order valence-electron chi connectivity index (χ0n) is 15.4. The Morgan fingerprint density at radius 3 is 2.31 bits per heavy atom. The van der Waals surface area contributed by atoms with Gasteiger partial charge in [-0.05, 0) is 6.42 Å². The summed E-state index contributed by atoms with van der Waals surface area (Å²) in [5, 5.41) is 32.8. The first-order valence-electron chi connectivity index (χ1n) is 7.93. The van der Waals surface area contributed by atoms with Crippen LogP contribution in [0.1, 0.15) is 15.9 Å². The molecule has 13 nitrogen and oxygen atoms in total. The number of halogens is 1. The Labute approximate surface area is 171 Å². The van der Waals surface area contributed by atoms with Crippen molar-refractivity contribution in [1.82, 2.24) is 5.32 Å². The van der Waals surface area contributed by atoms with Gasteiger partial charge in [0.2, 0.25) is 0 Å². The first-order valence-corrected chi connectivity index (χ1v) is 10.3. The highest BCUT2D eigenvalue weighted by Gasteiger charge is 2.26. The molecule has 0 unspecified atom stereocenters. The first-order chi connectivity index (χ1) is 13.5. The van der Waals surface area contributed by atoms with Crippen LogP contribution in [0, 0.1) is 20.2 Å². The Morgan fingerprint density at radius 1 is 1.31 bits per heavy atom. The molecule has 0 aromatic heterocycles. The van der Waals surface area contributed by atoms with E-state index in [1.165, 1.54) is 0 Å². The minimum atomic E-state index is -3.27. The highest BCUT2D eigenvalue weighted by molar-refractivity contribution is 7.85. The lowest BCUT2D eigenvalue weighted by atomic mass is 10.0. The molecule has 0 aliphatic carbocycles. The van der Waals surface area contributed by atoms with Gasteiger partial charge in [0.25, 0.3) is 27.4 Å². The Hall–Kier alpha value is -2.39. The molecule has 0 radical (unpaired) electrons. The fourth-order valence-electron chi connectivity index (χ4n) is 1.93. The number of alkyl halides is 1. The zero-order chi connectivity index (χ0) is 22.6. The number of amides is 1. The average molecular weight is 457 g/mol. The van der Waals surface area contributed by atoms with Gasteiger partial charge in [-0.2, -0.15) is 8.42 Å². The minimum Gasteiger partial charge on any atom is -0.395 e. The molecule has 0 heterocycles. The molecule has 1 aromatic carbocycles. The Morgan fingerprint density at radius 2 is 1.93 bits per heavy atom. The number of rotatable bonds is 10. The molecule has 0 fully saturated rings. The lowest BCUT2D eigenvalue weighted by Gasteiger charge is -2.09. The minimum absolute atomic E-state index is 0.0116. The smallest absolute Gasteiger partial charge is 0.280 e. The van der Waals surface area contributed by atoms with Gasteiger partial charge in [0, 0.05) is 30.6 Å². The maximum Gasteiger partial charge on any atom is 0.280 e. The van der Waals surface area contributed by atoms with E-state index in [1.807, 2.05) is 0 Å². The largest absolute Gasteiger partial charge is 0.395 e. The number of benzene rings is 1. The van der Waals surface area contributed by atoms with Crippen LogP contribution in [0.3, 0.4) is 0 Å². The van der Waals surface area contributed by atoms with Gasteiger partial charge >= 0.3 is 0 Å². The molecule has 0 saturated carbocycles. The Balaban J connectivity index is 0.000000828. The first kappa shape index (κ1) is 26.6. The van der Waals surface area contributed by atoms with Gasteiger partial charge < -0.3 is 16.2 Å². The van der Waals surface area contributed by atoms with Crippen LogP contribution in [0.15, 0.2) is 12.1 Å². The van der Waals surface area contributed by atoms with Crippen LogP contribution in [-0.2, 0) is 20.7 Å². The summed E-state index contributed by atoms with van der Waals surface area (Å²) in [6.45, 7) is -0.102. The summed E-state index contributed by atoms with van der Waals surface area (Å²) in [6.07, 6.45) is 1.00. The second-order valence-electron chi connectivity index (χ2n) is 5.24. The van der Waals surface area contributed by atoms with Gasteiger partial charge in [0.05, 0.1) is 40.9 Å². The second kappa shape index (κ2) is 12.9. The molecule has 164 valence electrons. The summed E-state index contributed by atoms with van der Waals surface area (Å²) in [4.78, 5) is 32.2. The molecule has 1 rings (SSSR count). The van der Waals surface area contributed by atoms with Crippen molar-refractivity contribution < 1.29 is 32.3 Å². The van der Waals surface area contributed by atoms with E-state index in [0.717, 1.165) is 18.4 Å². The van der Waals surface area contributed by atoms with Gasteiger partial charge in [0.15, 0.2) is 0 Å². The van der Waals surface area contributed by atoms with Crippen LogP contribution < -0.4 is 11.1 Å². The molecule has 0 bridgehead atoms. The Kier molecular flexibility index (Phi) is 11.9. The number of non-ortho nitro benzene ring substituents is 1. The number of nitrogens with two attached hydrogens (primary N) is 1. The number of hydrogen-bond donors (Lipinski definition) is 3. The van der Waals surface area contributed by atoms with Crippen molar-refractivity contribution in [1.29, 1.82) is 0 Å². The molecular formula is C14H21ClN4O9S. The quantitative estimate of drug-likeness (QED) is 0.185. The van der Waals surface area contributed by atoms with Crippen molar-refractivity contribution in [3.63, 3.8) is 0 Å². The number of nitrogens with zero attached hydrogens (tertiary/aromatic N) is 2. The molecule has 1 aromatic rings. The van der Waals surface area contributed by atoms with Crippen molar-refractivity contribution >= 4 is 39.0 Å². The van der Waals surface area contributed by atoms with E-state index in [2.05, 4.69) is 9.50 Å². The normalized spacial score (nSPS) is 10.6. The average Bonchev–Trinajstić information content (AvgIpc) is 2.64. The predicted octanol–water partition coefficient (Wildman–Crippen LogP) is -0.0723. The summed E-state index contributed by atoms with van der Waals surface area (Å²) in [7, 11) is -3.27. The van der Waals surface area contributed by atoms with Crippen LogP contribution in [0.2, 0.25) is 0 Å². The molecule has 4 N–H and O–H groups in total. The molecule has 0 aliphatic heterocycles. The van der Waals surface area contributed by atoms with Gasteiger partial charge in [-0.3, -0.25) is 29.2 Å². The fraction of sp³-hybridized carbons (Fsp3) is 0.500. The van der Waals surface area contributed by atoms with Crippen LogP contribution >= 0.6 is 11.6 Å². The van der Waals surface area contributed by atoms with E-state index >= 15 is 0 Å². The monoisotopic (exact) mass is 456 g/mol. The Bertz CT molecular complexity index is 833. The van der Waals surface area contributed by atoms with Crippen LogP contribution in [-0.4, -0.2) is 67.7 Å². The predicted molar refractivity (Wildman–Crippen MR) is 103 cm³/mol. The van der Waals surface area contributed by atoms with Crippen LogP contribution in [0.5, 0.6) is 0 Å². The van der Waals surface area contributed by atoms with E-state index in [4.69, 9.17) is 22.4 Å². The molecule has 1 amide bonds. The van der Waals surface area contributed by atoms with Gasteiger partial charge in [-0.25, -0.2) is 0 Å². The number of nitrogens with one attached hydrogen (secondary N) is 1. The van der Waals surface area contributed by atoms with Gasteiger partial charge in [-0.1, -0.05) is 0 Å². The number of nitro groups is 2. The number of carbonyl (C=O) groups is 1. The molecule has 0 saturated heterocycles. The molecule has 15 heteroatoms. The zero-order valence-corrected chi connectivity index (χ0v) is 16.9. The number of hydrogen-bond acceptors (Lipinski definition) is 10. The summed E-state index contributed by atoms with van der Waals surface area (Å²) in [6, 6.07) is 1.76. The fourth-order valence-corrected chi connectivity index (χ4v) is 2.52. The van der Waals surface area contributed by atoms with Crippen molar-refractivity contribution in [2.75, 3.05) is 38.4 Å². The topological polar surface area (TPSA) is 205 Å². The number of aliphatic hydroxyl groups is 1. The lowest BCUT2D eigenvalue weighted by molar-refractivity contribution is -0.394. The van der Waals surface area contributed by atoms with E-state index < -0.39 is 37.2 Å². The van der Waals surface area contributed by atoms with Crippen LogP contribution in [0.4, 0.5) is 11.4 Å². The number of carbonyl (C=O) groups excluding carboxylic acids is 1. The number of aliphatic hydroxyl groups excluding tert-OH is 1. The standard InChI is InChI=1S/C11H12ClN3O6.C3H9NO3S/c12-2-1-8-9(11(17)13-3-4-16)5-7(14(18)19)6-10(8)15(20)21;1-8(5,6)7-3-2-4/h5-6,16H,1-4H2,(H,13,17);2-4H2,1H3.